The molecule has 1 aromatic heterocycles. The van der Waals surface area contributed by atoms with E-state index in [1.807, 2.05) is 60.8 Å². The average molecular weight is 336 g/mol. The molecule has 0 spiro atoms. The molecule has 3 aromatic rings. The number of hydrogen-bond donors (Lipinski definition) is 2. The quantitative estimate of drug-likeness (QED) is 0.724. The summed E-state index contributed by atoms with van der Waals surface area (Å²) < 4.78 is 0. The molecule has 0 atom stereocenters. The van der Waals surface area contributed by atoms with Crippen molar-refractivity contribution in [1.29, 1.82) is 0 Å². The van der Waals surface area contributed by atoms with Crippen LogP contribution in [0.15, 0.2) is 60.8 Å². The van der Waals surface area contributed by atoms with E-state index in [1.165, 1.54) is 0 Å². The smallest absolute Gasteiger partial charge is 0.227 e. The summed E-state index contributed by atoms with van der Waals surface area (Å²) in [7, 11) is 0. The van der Waals surface area contributed by atoms with Crippen molar-refractivity contribution in [3.8, 4) is 0 Å². The highest BCUT2D eigenvalue weighted by Crippen LogP contribution is 2.20. The maximum Gasteiger partial charge on any atom is 0.227 e. The molecule has 3 rings (SSSR count). The number of benzene rings is 2. The van der Waals surface area contributed by atoms with Crippen LogP contribution in [0.3, 0.4) is 0 Å². The van der Waals surface area contributed by atoms with Crippen LogP contribution in [-0.2, 0) is 17.8 Å². The molecule has 0 saturated heterocycles. The van der Waals surface area contributed by atoms with Gasteiger partial charge in [-0.3, -0.25) is 4.79 Å². The highest BCUT2D eigenvalue weighted by molar-refractivity contribution is 5.88. The van der Waals surface area contributed by atoms with Crippen molar-refractivity contribution in [2.24, 2.45) is 0 Å². The third kappa shape index (κ3) is 4.48. The Hall–Kier alpha value is -2.59. The van der Waals surface area contributed by atoms with Gasteiger partial charge in [0.25, 0.3) is 0 Å². The lowest BCUT2D eigenvalue weighted by atomic mass is 10.1. The summed E-state index contributed by atoms with van der Waals surface area (Å²) in [6.07, 6.45) is 2.21. The first kappa shape index (κ1) is 17.2. The molecule has 0 saturated carbocycles. The first-order valence-corrected chi connectivity index (χ1v) is 8.51. The minimum atomic E-state index is -0.940. The lowest BCUT2D eigenvalue weighted by Gasteiger charge is -2.29. The number of hydrogen-bond acceptors (Lipinski definition) is 2. The number of aromatic nitrogens is 1. The Bertz CT molecular complexity index is 847. The predicted molar refractivity (Wildman–Crippen MR) is 100 cm³/mol. The van der Waals surface area contributed by atoms with Crippen molar-refractivity contribution in [2.45, 2.75) is 32.4 Å². The maximum absolute atomic E-state index is 12.9. The zero-order chi connectivity index (χ0) is 17.9. The SMILES string of the molecule is CC(C)(O)CN(Cc1ccccc1)C(=O)Cc1c[nH]c2ccccc12. The molecule has 0 aliphatic carbocycles. The molecular formula is C21H24N2O2. The van der Waals surface area contributed by atoms with E-state index in [0.717, 1.165) is 22.0 Å². The standard InChI is InChI=1S/C21H24N2O2/c1-21(2,25)15-23(14-16-8-4-3-5-9-16)20(24)12-17-13-22-19-11-7-6-10-18(17)19/h3-11,13,22,25H,12,14-15H2,1-2H3. The summed E-state index contributed by atoms with van der Waals surface area (Å²) in [6.45, 7) is 4.24. The molecule has 4 nitrogen and oxygen atoms in total. The van der Waals surface area contributed by atoms with Crippen molar-refractivity contribution < 1.29 is 9.90 Å². The van der Waals surface area contributed by atoms with E-state index in [-0.39, 0.29) is 5.91 Å². The summed E-state index contributed by atoms with van der Waals surface area (Å²) in [5, 5.41) is 11.3. The molecule has 1 heterocycles. The van der Waals surface area contributed by atoms with Gasteiger partial charge in [-0.2, -0.15) is 0 Å². The number of rotatable bonds is 6. The van der Waals surface area contributed by atoms with Crippen LogP contribution in [0.1, 0.15) is 25.0 Å². The first-order valence-electron chi connectivity index (χ1n) is 8.51. The Kier molecular flexibility index (Phi) is 4.91. The first-order chi connectivity index (χ1) is 11.9. The van der Waals surface area contributed by atoms with Gasteiger partial charge in [-0.05, 0) is 31.0 Å². The van der Waals surface area contributed by atoms with Crippen LogP contribution >= 0.6 is 0 Å². The Morgan fingerprint density at radius 2 is 1.76 bits per heavy atom. The average Bonchev–Trinajstić information content (AvgIpc) is 2.97. The highest BCUT2D eigenvalue weighted by atomic mass is 16.3. The van der Waals surface area contributed by atoms with Gasteiger partial charge >= 0.3 is 0 Å². The number of aliphatic hydroxyl groups is 1. The van der Waals surface area contributed by atoms with Gasteiger partial charge in [0.05, 0.1) is 12.0 Å². The van der Waals surface area contributed by atoms with Gasteiger partial charge in [0.2, 0.25) is 5.91 Å². The predicted octanol–water partition coefficient (Wildman–Crippen LogP) is 3.51. The third-order valence-electron chi connectivity index (χ3n) is 4.16. The monoisotopic (exact) mass is 336 g/mol. The Labute approximate surface area is 148 Å². The van der Waals surface area contributed by atoms with E-state index >= 15 is 0 Å². The fraction of sp³-hybridized carbons (Fsp3) is 0.286. The van der Waals surface area contributed by atoms with Crippen molar-refractivity contribution in [3.63, 3.8) is 0 Å². The molecule has 0 bridgehead atoms. The van der Waals surface area contributed by atoms with E-state index in [0.29, 0.717) is 19.5 Å². The number of carbonyl (C=O) groups is 1. The number of fused-ring (bicyclic) bond motifs is 1. The van der Waals surface area contributed by atoms with E-state index < -0.39 is 5.60 Å². The summed E-state index contributed by atoms with van der Waals surface area (Å²) in [5.74, 6) is 0.00994. The second-order valence-corrected chi connectivity index (χ2v) is 7.08. The van der Waals surface area contributed by atoms with Crippen molar-refractivity contribution in [3.05, 3.63) is 71.9 Å². The zero-order valence-electron chi connectivity index (χ0n) is 14.7. The van der Waals surface area contributed by atoms with Gasteiger partial charge in [0, 0.05) is 30.2 Å². The van der Waals surface area contributed by atoms with Crippen molar-refractivity contribution in [2.75, 3.05) is 6.54 Å². The van der Waals surface area contributed by atoms with Gasteiger partial charge in [-0.1, -0.05) is 48.5 Å². The number of carbonyl (C=O) groups excluding carboxylic acids is 1. The lowest BCUT2D eigenvalue weighted by molar-refractivity contribution is -0.134. The molecule has 0 aliphatic rings. The van der Waals surface area contributed by atoms with E-state index in [1.54, 1.807) is 18.7 Å². The molecule has 2 aromatic carbocycles. The summed E-state index contributed by atoms with van der Waals surface area (Å²) in [4.78, 5) is 17.9. The maximum atomic E-state index is 12.9. The van der Waals surface area contributed by atoms with Crippen LogP contribution in [0.4, 0.5) is 0 Å². The summed E-state index contributed by atoms with van der Waals surface area (Å²) in [5.41, 5.74) is 2.13. The molecule has 0 fully saturated rings. The Morgan fingerprint density at radius 3 is 2.48 bits per heavy atom. The van der Waals surface area contributed by atoms with Gasteiger partial charge in [-0.15, -0.1) is 0 Å². The number of H-pyrrole nitrogens is 1. The topological polar surface area (TPSA) is 56.3 Å². The summed E-state index contributed by atoms with van der Waals surface area (Å²) >= 11 is 0. The van der Waals surface area contributed by atoms with Crippen LogP contribution in [0.2, 0.25) is 0 Å². The molecule has 4 heteroatoms. The van der Waals surface area contributed by atoms with Crippen LogP contribution in [0, 0.1) is 0 Å². The normalized spacial score (nSPS) is 11.6. The van der Waals surface area contributed by atoms with Gasteiger partial charge < -0.3 is 15.0 Å². The van der Waals surface area contributed by atoms with Gasteiger partial charge in [0.15, 0.2) is 0 Å². The summed E-state index contributed by atoms with van der Waals surface area (Å²) in [6, 6.07) is 17.8. The number of amides is 1. The van der Waals surface area contributed by atoms with E-state index in [4.69, 9.17) is 0 Å². The van der Waals surface area contributed by atoms with Gasteiger partial charge in [0.1, 0.15) is 0 Å². The van der Waals surface area contributed by atoms with Crippen LogP contribution < -0.4 is 0 Å². The number of nitrogens with one attached hydrogen (secondary N) is 1. The molecule has 0 aliphatic heterocycles. The Balaban J connectivity index is 1.80. The Morgan fingerprint density at radius 1 is 1.08 bits per heavy atom. The largest absolute Gasteiger partial charge is 0.389 e. The second-order valence-electron chi connectivity index (χ2n) is 7.08. The zero-order valence-corrected chi connectivity index (χ0v) is 14.7. The fourth-order valence-corrected chi connectivity index (χ4v) is 3.06. The third-order valence-corrected chi connectivity index (χ3v) is 4.16. The van der Waals surface area contributed by atoms with Crippen molar-refractivity contribution in [1.82, 2.24) is 9.88 Å². The number of nitrogens with zero attached hydrogens (tertiary/aromatic N) is 1. The molecule has 1 amide bonds. The van der Waals surface area contributed by atoms with Crippen LogP contribution in [0.25, 0.3) is 10.9 Å². The van der Waals surface area contributed by atoms with E-state index in [2.05, 4.69) is 4.98 Å². The molecule has 0 radical (unpaired) electrons. The van der Waals surface area contributed by atoms with Crippen molar-refractivity contribution >= 4 is 16.8 Å². The molecule has 2 N–H and O–H groups in total. The number of para-hydroxylation sites is 1. The minimum Gasteiger partial charge on any atom is -0.389 e. The molecule has 25 heavy (non-hydrogen) atoms. The number of aromatic amines is 1. The molecule has 0 unspecified atom stereocenters. The minimum absolute atomic E-state index is 0.00994. The molecular weight excluding hydrogens is 312 g/mol. The lowest BCUT2D eigenvalue weighted by Crippen LogP contribution is -2.42. The van der Waals surface area contributed by atoms with E-state index in [9.17, 15) is 9.90 Å². The van der Waals surface area contributed by atoms with Crippen LogP contribution in [-0.4, -0.2) is 33.0 Å². The van der Waals surface area contributed by atoms with Crippen LogP contribution in [0.5, 0.6) is 0 Å². The van der Waals surface area contributed by atoms with Gasteiger partial charge in [-0.25, -0.2) is 0 Å². The molecule has 130 valence electrons. The highest BCUT2D eigenvalue weighted by Gasteiger charge is 2.23. The second kappa shape index (κ2) is 7.11. The fourth-order valence-electron chi connectivity index (χ4n) is 3.06.